The van der Waals surface area contributed by atoms with Gasteiger partial charge in [0.05, 0.1) is 6.10 Å². The lowest BCUT2D eigenvalue weighted by Gasteiger charge is -2.42. The predicted octanol–water partition coefficient (Wildman–Crippen LogP) is 6.35. The molecule has 0 bridgehead atoms. The molecule has 0 aromatic rings. The maximum atomic E-state index is 10.0. The Bertz CT molecular complexity index is 526. The molecule has 134 valence electrons. The average Bonchev–Trinajstić information content (AvgIpc) is 2.91. The van der Waals surface area contributed by atoms with Gasteiger partial charge in [-0.2, -0.15) is 0 Å². The van der Waals surface area contributed by atoms with Crippen LogP contribution in [0.4, 0.5) is 0 Å². The number of hydrogen-bond donors (Lipinski definition) is 1. The van der Waals surface area contributed by atoms with Crippen LogP contribution in [0.15, 0.2) is 35.5 Å². The van der Waals surface area contributed by atoms with Crippen LogP contribution < -0.4 is 0 Å². The summed E-state index contributed by atoms with van der Waals surface area (Å²) in [5.41, 5.74) is 4.47. The third kappa shape index (κ3) is 3.43. The van der Waals surface area contributed by atoms with Crippen molar-refractivity contribution in [2.75, 3.05) is 0 Å². The second kappa shape index (κ2) is 7.60. The minimum atomic E-state index is -0.315. The van der Waals surface area contributed by atoms with Crippen molar-refractivity contribution >= 4 is 0 Å². The lowest BCUT2D eigenvalue weighted by Crippen LogP contribution is -2.33. The van der Waals surface area contributed by atoms with Crippen molar-refractivity contribution in [1.82, 2.24) is 0 Å². The van der Waals surface area contributed by atoms with E-state index in [1.54, 1.807) is 5.57 Å². The molecule has 1 heteroatoms. The molecule has 3 aliphatic rings. The minimum Gasteiger partial charge on any atom is -0.388 e. The second-order valence-electron chi connectivity index (χ2n) is 8.70. The van der Waals surface area contributed by atoms with Gasteiger partial charge in [0.15, 0.2) is 0 Å². The van der Waals surface area contributed by atoms with E-state index in [0.29, 0.717) is 5.41 Å². The molecule has 0 saturated heterocycles. The van der Waals surface area contributed by atoms with Crippen LogP contribution in [0, 0.1) is 17.3 Å². The Hall–Kier alpha value is -0.820. The highest BCUT2D eigenvalue weighted by Gasteiger charge is 2.48. The molecule has 24 heavy (non-hydrogen) atoms. The summed E-state index contributed by atoms with van der Waals surface area (Å²) >= 11 is 0. The van der Waals surface area contributed by atoms with Crippen LogP contribution >= 0.6 is 0 Å². The number of aliphatic hydroxyl groups excluding tert-OH is 1. The zero-order chi connectivity index (χ0) is 17.2. The van der Waals surface area contributed by atoms with E-state index in [2.05, 4.69) is 32.6 Å². The number of allylic oxidation sites excluding steroid dienone is 3. The van der Waals surface area contributed by atoms with Gasteiger partial charge in [-0.05, 0) is 86.2 Å². The first-order valence-corrected chi connectivity index (χ1v) is 10.3. The number of hydrogen-bond acceptors (Lipinski definition) is 1. The van der Waals surface area contributed by atoms with Crippen molar-refractivity contribution in [2.45, 2.75) is 90.6 Å². The fourth-order valence-electron chi connectivity index (χ4n) is 5.70. The van der Waals surface area contributed by atoms with Crippen molar-refractivity contribution < 1.29 is 5.11 Å². The third-order valence-corrected chi connectivity index (χ3v) is 7.30. The van der Waals surface area contributed by atoms with E-state index in [0.717, 1.165) is 36.7 Å². The van der Waals surface area contributed by atoms with E-state index >= 15 is 0 Å². The molecule has 4 unspecified atom stereocenters. The molecular weight excluding hydrogens is 292 g/mol. The van der Waals surface area contributed by atoms with E-state index < -0.39 is 0 Å². The van der Waals surface area contributed by atoms with Gasteiger partial charge in [0.2, 0.25) is 0 Å². The van der Waals surface area contributed by atoms with Gasteiger partial charge in [0.1, 0.15) is 0 Å². The molecule has 0 aromatic heterocycles. The SMILES string of the molecule is C=C1/C(=C\C=C2/CCCC3(C)C(CCCC)CCC23)CCCC1O. The molecule has 3 rings (SSSR count). The first-order valence-electron chi connectivity index (χ1n) is 10.3. The number of rotatable bonds is 4. The quantitative estimate of drug-likeness (QED) is 0.637. The number of aliphatic hydroxyl groups is 1. The molecule has 0 radical (unpaired) electrons. The highest BCUT2D eigenvalue weighted by Crippen LogP contribution is 2.58. The topological polar surface area (TPSA) is 20.2 Å². The Kier molecular flexibility index (Phi) is 5.70. The summed E-state index contributed by atoms with van der Waals surface area (Å²) in [6.07, 6.45) is 18.5. The van der Waals surface area contributed by atoms with Gasteiger partial charge in [-0.3, -0.25) is 0 Å². The fraction of sp³-hybridized carbons (Fsp3) is 0.739. The normalized spacial score (nSPS) is 40.3. The molecule has 0 amide bonds. The highest BCUT2D eigenvalue weighted by atomic mass is 16.3. The molecule has 0 spiro atoms. The molecule has 1 nitrogen and oxygen atoms in total. The van der Waals surface area contributed by atoms with Gasteiger partial charge in [-0.1, -0.05) is 51.0 Å². The van der Waals surface area contributed by atoms with Crippen LogP contribution in [-0.4, -0.2) is 11.2 Å². The Morgan fingerprint density at radius 3 is 2.79 bits per heavy atom. The van der Waals surface area contributed by atoms with E-state index in [1.807, 2.05) is 0 Å². The van der Waals surface area contributed by atoms with Crippen LogP contribution in [0.2, 0.25) is 0 Å². The Balaban J connectivity index is 1.76. The molecule has 3 saturated carbocycles. The standard InChI is InChI=1S/C23H36O/c1-4-5-10-20-14-15-21-19(9-7-16-23(20,21)3)13-12-18-8-6-11-22(24)17(18)2/h12-13,20-22,24H,2,4-11,14-16H2,1,3H3/b18-12-,19-13+. The van der Waals surface area contributed by atoms with Crippen molar-refractivity contribution in [3.05, 3.63) is 35.5 Å². The summed E-state index contributed by atoms with van der Waals surface area (Å²) in [4.78, 5) is 0. The molecule has 3 aliphatic carbocycles. The van der Waals surface area contributed by atoms with Crippen molar-refractivity contribution in [3.8, 4) is 0 Å². The smallest absolute Gasteiger partial charge is 0.0787 e. The van der Waals surface area contributed by atoms with Gasteiger partial charge >= 0.3 is 0 Å². The maximum absolute atomic E-state index is 10.0. The van der Waals surface area contributed by atoms with Gasteiger partial charge in [0, 0.05) is 0 Å². The highest BCUT2D eigenvalue weighted by molar-refractivity contribution is 5.37. The summed E-state index contributed by atoms with van der Waals surface area (Å²) in [6, 6.07) is 0. The summed E-state index contributed by atoms with van der Waals surface area (Å²) in [5.74, 6) is 1.73. The van der Waals surface area contributed by atoms with Crippen LogP contribution in [0.1, 0.15) is 84.5 Å². The fourth-order valence-corrected chi connectivity index (χ4v) is 5.70. The monoisotopic (exact) mass is 328 g/mol. The van der Waals surface area contributed by atoms with Gasteiger partial charge < -0.3 is 5.11 Å². The molecule has 4 atom stereocenters. The first-order chi connectivity index (χ1) is 11.6. The molecule has 1 N–H and O–H groups in total. The molecule has 0 aliphatic heterocycles. The lowest BCUT2D eigenvalue weighted by atomic mass is 9.62. The summed E-state index contributed by atoms with van der Waals surface area (Å²) in [6.45, 7) is 9.01. The zero-order valence-corrected chi connectivity index (χ0v) is 15.8. The molecule has 0 aromatic carbocycles. The predicted molar refractivity (Wildman–Crippen MR) is 103 cm³/mol. The van der Waals surface area contributed by atoms with E-state index in [4.69, 9.17) is 0 Å². The van der Waals surface area contributed by atoms with Crippen LogP contribution in [0.5, 0.6) is 0 Å². The first kappa shape index (κ1) is 18.0. The van der Waals surface area contributed by atoms with Crippen LogP contribution in [0.25, 0.3) is 0 Å². The third-order valence-electron chi connectivity index (χ3n) is 7.30. The van der Waals surface area contributed by atoms with E-state index in [-0.39, 0.29) is 6.10 Å². The van der Waals surface area contributed by atoms with Crippen LogP contribution in [0.3, 0.4) is 0 Å². The lowest BCUT2D eigenvalue weighted by molar-refractivity contribution is 0.127. The summed E-state index contributed by atoms with van der Waals surface area (Å²) < 4.78 is 0. The number of fused-ring (bicyclic) bond motifs is 1. The van der Waals surface area contributed by atoms with E-state index in [9.17, 15) is 5.11 Å². The largest absolute Gasteiger partial charge is 0.388 e. The van der Waals surface area contributed by atoms with Crippen molar-refractivity contribution in [1.29, 1.82) is 0 Å². The van der Waals surface area contributed by atoms with Gasteiger partial charge in [-0.25, -0.2) is 0 Å². The molecular formula is C23H36O. The number of unbranched alkanes of at least 4 members (excludes halogenated alkanes) is 1. The zero-order valence-electron chi connectivity index (χ0n) is 15.8. The summed E-state index contributed by atoms with van der Waals surface area (Å²) in [5, 5.41) is 10.0. The minimum absolute atomic E-state index is 0.315. The molecule has 3 fully saturated rings. The van der Waals surface area contributed by atoms with Gasteiger partial charge in [-0.15, -0.1) is 0 Å². The second-order valence-corrected chi connectivity index (χ2v) is 8.70. The maximum Gasteiger partial charge on any atom is 0.0787 e. The van der Waals surface area contributed by atoms with E-state index in [1.165, 1.54) is 56.9 Å². The van der Waals surface area contributed by atoms with Crippen LogP contribution in [-0.2, 0) is 0 Å². The Labute approximate surface area is 148 Å². The van der Waals surface area contributed by atoms with Crippen molar-refractivity contribution in [3.63, 3.8) is 0 Å². The van der Waals surface area contributed by atoms with Crippen molar-refractivity contribution in [2.24, 2.45) is 17.3 Å². The van der Waals surface area contributed by atoms with Gasteiger partial charge in [0.25, 0.3) is 0 Å². The Morgan fingerprint density at radius 1 is 1.17 bits per heavy atom. The summed E-state index contributed by atoms with van der Waals surface area (Å²) in [7, 11) is 0. The Morgan fingerprint density at radius 2 is 2.00 bits per heavy atom. The average molecular weight is 329 g/mol. The molecule has 0 heterocycles.